The van der Waals surface area contributed by atoms with Crippen LogP contribution in [-0.4, -0.2) is 32.0 Å². The Labute approximate surface area is 84.0 Å². The predicted molar refractivity (Wildman–Crippen MR) is 55.2 cm³/mol. The van der Waals surface area contributed by atoms with Gasteiger partial charge in [-0.25, -0.2) is 0 Å². The van der Waals surface area contributed by atoms with Gasteiger partial charge in [0.1, 0.15) is 6.61 Å². The topological polar surface area (TPSA) is 50.7 Å². The second kappa shape index (κ2) is 5.42. The number of rotatable bonds is 3. The number of ether oxygens (including phenoxy) is 1. The van der Waals surface area contributed by atoms with Crippen LogP contribution in [-0.2, 0) is 9.53 Å². The van der Waals surface area contributed by atoms with Gasteiger partial charge < -0.3 is 10.1 Å². The molecule has 0 aromatic rings. The van der Waals surface area contributed by atoms with Gasteiger partial charge in [0, 0.05) is 6.54 Å². The van der Waals surface area contributed by atoms with Crippen LogP contribution in [0.1, 0.15) is 13.8 Å². The molecule has 14 heavy (non-hydrogen) atoms. The summed E-state index contributed by atoms with van der Waals surface area (Å²) in [6, 6.07) is 0. The average Bonchev–Trinajstić information content (AvgIpc) is 2.26. The van der Waals surface area contributed by atoms with Crippen molar-refractivity contribution in [3.63, 3.8) is 0 Å². The molecule has 0 bridgehead atoms. The third-order valence-electron chi connectivity index (χ3n) is 2.14. The maximum absolute atomic E-state index is 11.5. The molecule has 78 valence electrons. The van der Waals surface area contributed by atoms with E-state index in [0.29, 0.717) is 19.7 Å². The number of carbonyl (C=O) groups excluding carboxylic acids is 1. The fraction of sp³-hybridized carbons (Fsp3) is 0.600. The minimum Gasteiger partial charge on any atom is -0.461 e. The van der Waals surface area contributed by atoms with Crippen LogP contribution in [0.25, 0.3) is 0 Å². The molecule has 1 unspecified atom stereocenters. The molecule has 1 rings (SSSR count). The zero-order valence-corrected chi connectivity index (χ0v) is 8.62. The molecule has 0 aliphatic carbocycles. The Morgan fingerprint density at radius 1 is 1.79 bits per heavy atom. The molecule has 4 nitrogen and oxygen atoms in total. The van der Waals surface area contributed by atoms with Crippen LogP contribution in [0.4, 0.5) is 0 Å². The summed E-state index contributed by atoms with van der Waals surface area (Å²) in [4.78, 5) is 15.4. The zero-order valence-electron chi connectivity index (χ0n) is 8.62. The van der Waals surface area contributed by atoms with Gasteiger partial charge in [0.2, 0.25) is 0 Å². The largest absolute Gasteiger partial charge is 0.461 e. The molecule has 1 atom stereocenters. The molecule has 0 fully saturated rings. The number of esters is 1. The van der Waals surface area contributed by atoms with Crippen molar-refractivity contribution in [3.05, 3.63) is 11.6 Å². The van der Waals surface area contributed by atoms with Crippen LogP contribution in [0, 0.1) is 5.92 Å². The normalized spacial score (nSPS) is 21.6. The first-order valence-corrected chi connectivity index (χ1v) is 4.74. The molecule has 0 aromatic heterocycles. The summed E-state index contributed by atoms with van der Waals surface area (Å²) < 4.78 is 5.11. The summed E-state index contributed by atoms with van der Waals surface area (Å²) in [5, 5.41) is 2.91. The molecule has 4 heteroatoms. The summed E-state index contributed by atoms with van der Waals surface area (Å²) in [6.07, 6.45) is 3.56. The summed E-state index contributed by atoms with van der Waals surface area (Å²) in [5.74, 6) is -0.305. The molecular weight excluding hydrogens is 180 g/mol. The van der Waals surface area contributed by atoms with Crippen LogP contribution in [0.2, 0.25) is 0 Å². The van der Waals surface area contributed by atoms with Gasteiger partial charge in [0.25, 0.3) is 0 Å². The predicted octanol–water partition coefficient (Wildman–Crippen LogP) is 0.743. The van der Waals surface area contributed by atoms with E-state index in [0.717, 1.165) is 5.57 Å². The minimum atomic E-state index is -0.171. The molecule has 1 aliphatic heterocycles. The smallest absolute Gasteiger partial charge is 0.312 e. The fourth-order valence-corrected chi connectivity index (χ4v) is 1.05. The number of hydrogen-bond donors (Lipinski definition) is 1. The number of allylic oxidation sites excluding steroid dienone is 1. The lowest BCUT2D eigenvalue weighted by atomic mass is 10.1. The number of nitrogens with zero attached hydrogens (tertiary/aromatic N) is 1. The molecule has 0 aromatic carbocycles. The Balaban J connectivity index is 2.31. The van der Waals surface area contributed by atoms with E-state index >= 15 is 0 Å². The van der Waals surface area contributed by atoms with E-state index in [-0.39, 0.29) is 11.9 Å². The average molecular weight is 196 g/mol. The Bertz CT molecular complexity index is 259. The van der Waals surface area contributed by atoms with Gasteiger partial charge in [0.05, 0.1) is 18.8 Å². The lowest BCUT2D eigenvalue weighted by molar-refractivity contribution is -0.147. The van der Waals surface area contributed by atoms with Crippen molar-refractivity contribution >= 4 is 12.3 Å². The van der Waals surface area contributed by atoms with Crippen molar-refractivity contribution in [1.82, 2.24) is 5.32 Å². The third kappa shape index (κ3) is 3.20. The SMILES string of the molecule is CC=C(C)COC(=O)C1CN=CNC1. The Kier molecular flexibility index (Phi) is 4.16. The first kappa shape index (κ1) is 10.8. The molecule has 0 spiro atoms. The molecule has 0 radical (unpaired) electrons. The van der Waals surface area contributed by atoms with E-state index < -0.39 is 0 Å². The zero-order chi connectivity index (χ0) is 10.4. The van der Waals surface area contributed by atoms with Crippen LogP contribution in [0.5, 0.6) is 0 Å². The van der Waals surface area contributed by atoms with E-state index in [1.54, 1.807) is 6.34 Å². The minimum absolute atomic E-state index is 0.135. The molecule has 0 amide bonds. The van der Waals surface area contributed by atoms with Gasteiger partial charge in [0.15, 0.2) is 0 Å². The van der Waals surface area contributed by atoms with Crippen molar-refractivity contribution < 1.29 is 9.53 Å². The third-order valence-corrected chi connectivity index (χ3v) is 2.14. The highest BCUT2D eigenvalue weighted by atomic mass is 16.5. The van der Waals surface area contributed by atoms with Crippen LogP contribution >= 0.6 is 0 Å². The Morgan fingerprint density at radius 2 is 2.57 bits per heavy atom. The maximum atomic E-state index is 11.5. The number of hydrogen-bond acceptors (Lipinski definition) is 4. The summed E-state index contributed by atoms with van der Waals surface area (Å²) >= 11 is 0. The van der Waals surface area contributed by atoms with Crippen molar-refractivity contribution in [2.75, 3.05) is 19.7 Å². The van der Waals surface area contributed by atoms with Gasteiger partial charge in [-0.3, -0.25) is 9.79 Å². The summed E-state index contributed by atoms with van der Waals surface area (Å²) in [7, 11) is 0. The molecule has 1 N–H and O–H groups in total. The standard InChI is InChI=1S/C10H16N2O2/c1-3-8(2)6-14-10(13)9-4-11-7-12-5-9/h3,7,9H,4-6H2,1-2H3,(H,11,12). The van der Waals surface area contributed by atoms with Gasteiger partial charge in [-0.05, 0) is 19.4 Å². The van der Waals surface area contributed by atoms with Crippen LogP contribution < -0.4 is 5.32 Å². The van der Waals surface area contributed by atoms with Gasteiger partial charge in [-0.2, -0.15) is 0 Å². The highest BCUT2D eigenvalue weighted by Gasteiger charge is 2.20. The van der Waals surface area contributed by atoms with Crippen LogP contribution in [0.3, 0.4) is 0 Å². The van der Waals surface area contributed by atoms with Gasteiger partial charge in [-0.1, -0.05) is 6.08 Å². The first-order valence-electron chi connectivity index (χ1n) is 4.74. The lowest BCUT2D eigenvalue weighted by Crippen LogP contribution is -2.35. The highest BCUT2D eigenvalue weighted by Crippen LogP contribution is 2.04. The van der Waals surface area contributed by atoms with E-state index in [2.05, 4.69) is 10.3 Å². The Morgan fingerprint density at radius 3 is 3.14 bits per heavy atom. The first-order chi connectivity index (χ1) is 6.74. The van der Waals surface area contributed by atoms with Crippen molar-refractivity contribution in [2.24, 2.45) is 10.9 Å². The van der Waals surface area contributed by atoms with Gasteiger partial charge in [-0.15, -0.1) is 0 Å². The van der Waals surface area contributed by atoms with E-state index in [4.69, 9.17) is 4.74 Å². The van der Waals surface area contributed by atoms with Crippen LogP contribution in [0.15, 0.2) is 16.6 Å². The summed E-state index contributed by atoms with van der Waals surface area (Å²) in [6.45, 7) is 5.40. The fourth-order valence-electron chi connectivity index (χ4n) is 1.05. The van der Waals surface area contributed by atoms with Gasteiger partial charge >= 0.3 is 5.97 Å². The molecular formula is C10H16N2O2. The molecule has 0 saturated heterocycles. The lowest BCUT2D eigenvalue weighted by Gasteiger charge is -2.17. The van der Waals surface area contributed by atoms with E-state index in [1.165, 1.54) is 0 Å². The monoisotopic (exact) mass is 196 g/mol. The number of carbonyl (C=O) groups is 1. The quantitative estimate of drug-likeness (QED) is 0.535. The molecule has 1 heterocycles. The van der Waals surface area contributed by atoms with E-state index in [1.807, 2.05) is 19.9 Å². The second-order valence-corrected chi connectivity index (χ2v) is 3.34. The number of aliphatic imine (C=N–C) groups is 1. The number of nitrogens with one attached hydrogen (secondary N) is 1. The summed E-state index contributed by atoms with van der Waals surface area (Å²) in [5.41, 5.74) is 1.06. The maximum Gasteiger partial charge on any atom is 0.312 e. The van der Waals surface area contributed by atoms with Crippen molar-refractivity contribution in [2.45, 2.75) is 13.8 Å². The Hall–Kier alpha value is -1.32. The highest BCUT2D eigenvalue weighted by molar-refractivity contribution is 5.74. The second-order valence-electron chi connectivity index (χ2n) is 3.34. The molecule has 1 aliphatic rings. The van der Waals surface area contributed by atoms with E-state index in [9.17, 15) is 4.79 Å². The van der Waals surface area contributed by atoms with Crippen molar-refractivity contribution in [1.29, 1.82) is 0 Å². The molecule has 0 saturated carbocycles. The van der Waals surface area contributed by atoms with Crippen molar-refractivity contribution in [3.8, 4) is 0 Å².